The zero-order chi connectivity index (χ0) is 28.9. The highest BCUT2D eigenvalue weighted by molar-refractivity contribution is 7.09. The van der Waals surface area contributed by atoms with Gasteiger partial charge in [-0.3, -0.25) is 9.59 Å². The van der Waals surface area contributed by atoms with Crippen LogP contribution >= 0.6 is 11.3 Å². The minimum atomic E-state index is -0.688. The van der Waals surface area contributed by atoms with E-state index in [1.54, 1.807) is 50.3 Å². The SMILES string of the molecule is CCCCOc1ccc(C[C@H](NC(=O)C(=O)c2ccccc2)c2nc(/C=C(C)/C=C(/C)C(=O)OCC)cs2)cc1. The minimum Gasteiger partial charge on any atom is -0.494 e. The van der Waals surface area contributed by atoms with Gasteiger partial charge in [0.05, 0.1) is 24.9 Å². The highest BCUT2D eigenvalue weighted by atomic mass is 32.1. The van der Waals surface area contributed by atoms with E-state index in [-0.39, 0.29) is 5.97 Å². The normalized spacial score (nSPS) is 12.5. The molecule has 0 saturated carbocycles. The Morgan fingerprint density at radius 2 is 1.75 bits per heavy atom. The van der Waals surface area contributed by atoms with Gasteiger partial charge in [0.15, 0.2) is 0 Å². The fraction of sp³-hybridized carbons (Fsp3) is 0.312. The van der Waals surface area contributed by atoms with Crippen LogP contribution in [0.3, 0.4) is 0 Å². The number of hydrogen-bond donors (Lipinski definition) is 1. The van der Waals surface area contributed by atoms with Crippen LogP contribution in [0.1, 0.15) is 73.2 Å². The van der Waals surface area contributed by atoms with Crippen molar-refractivity contribution in [1.29, 1.82) is 0 Å². The number of Topliss-reactive ketones (excluding diaryl/α,β-unsaturated/α-hetero) is 1. The second-order valence-corrected chi connectivity index (χ2v) is 10.2. The summed E-state index contributed by atoms with van der Waals surface area (Å²) in [6, 6.07) is 15.7. The average molecular weight is 561 g/mol. The van der Waals surface area contributed by atoms with Crippen molar-refractivity contribution in [3.05, 3.63) is 99.0 Å². The Kier molecular flexibility index (Phi) is 11.8. The number of nitrogens with one attached hydrogen (secondary N) is 1. The van der Waals surface area contributed by atoms with Crippen LogP contribution in [-0.2, 0) is 20.7 Å². The van der Waals surface area contributed by atoms with Crippen LogP contribution < -0.4 is 10.1 Å². The number of amides is 1. The number of unbranched alkanes of at least 4 members (excludes halogenated alkanes) is 1. The molecule has 40 heavy (non-hydrogen) atoms. The molecule has 1 heterocycles. The first kappa shape index (κ1) is 30.5. The minimum absolute atomic E-state index is 0.316. The molecular formula is C32H36N2O5S. The summed E-state index contributed by atoms with van der Waals surface area (Å²) in [5.74, 6) is -0.855. The maximum atomic E-state index is 13.0. The predicted octanol–water partition coefficient (Wildman–Crippen LogP) is 6.52. The van der Waals surface area contributed by atoms with Gasteiger partial charge in [-0.15, -0.1) is 11.3 Å². The number of allylic oxidation sites excluding steroid dienone is 2. The van der Waals surface area contributed by atoms with E-state index < -0.39 is 17.7 Å². The van der Waals surface area contributed by atoms with E-state index in [9.17, 15) is 14.4 Å². The van der Waals surface area contributed by atoms with Gasteiger partial charge in [-0.25, -0.2) is 9.78 Å². The molecule has 3 rings (SSSR count). The van der Waals surface area contributed by atoms with Crippen LogP contribution in [0.2, 0.25) is 0 Å². The number of esters is 1. The topological polar surface area (TPSA) is 94.6 Å². The van der Waals surface area contributed by atoms with Crippen LogP contribution in [0.4, 0.5) is 0 Å². The lowest BCUT2D eigenvalue weighted by molar-refractivity contribution is -0.138. The smallest absolute Gasteiger partial charge is 0.333 e. The number of benzene rings is 2. The fourth-order valence-corrected chi connectivity index (χ4v) is 4.71. The van der Waals surface area contributed by atoms with E-state index in [0.717, 1.165) is 29.7 Å². The Morgan fingerprint density at radius 1 is 1.02 bits per heavy atom. The van der Waals surface area contributed by atoms with Crippen LogP contribution in [0.15, 0.2) is 77.2 Å². The lowest BCUT2D eigenvalue weighted by Crippen LogP contribution is -2.35. The van der Waals surface area contributed by atoms with Gasteiger partial charge in [-0.2, -0.15) is 0 Å². The lowest BCUT2D eigenvalue weighted by Gasteiger charge is -2.17. The molecule has 8 heteroatoms. The summed E-state index contributed by atoms with van der Waals surface area (Å²) in [6.45, 7) is 8.45. The summed E-state index contributed by atoms with van der Waals surface area (Å²) in [5.41, 5.74) is 3.32. The van der Waals surface area contributed by atoms with Gasteiger partial charge in [-0.05, 0) is 69.0 Å². The second kappa shape index (κ2) is 15.5. The van der Waals surface area contributed by atoms with Crippen molar-refractivity contribution >= 4 is 35.1 Å². The number of hydrogen-bond acceptors (Lipinski definition) is 7. The molecule has 0 spiro atoms. The van der Waals surface area contributed by atoms with E-state index in [1.165, 1.54) is 11.3 Å². The summed E-state index contributed by atoms with van der Waals surface area (Å²) >= 11 is 1.40. The number of thiazole rings is 1. The third-order valence-electron chi connectivity index (χ3n) is 5.93. The Labute approximate surface area is 239 Å². The molecule has 0 radical (unpaired) electrons. The van der Waals surface area contributed by atoms with E-state index >= 15 is 0 Å². The first-order valence-electron chi connectivity index (χ1n) is 13.4. The van der Waals surface area contributed by atoms with Crippen molar-refractivity contribution in [2.75, 3.05) is 13.2 Å². The van der Waals surface area contributed by atoms with Crippen molar-refractivity contribution in [3.63, 3.8) is 0 Å². The maximum Gasteiger partial charge on any atom is 0.333 e. The average Bonchev–Trinajstić information content (AvgIpc) is 3.42. The van der Waals surface area contributed by atoms with Crippen LogP contribution in [0.25, 0.3) is 6.08 Å². The number of ketones is 1. The fourth-order valence-electron chi connectivity index (χ4n) is 3.88. The molecule has 0 aliphatic carbocycles. The highest BCUT2D eigenvalue weighted by Gasteiger charge is 2.23. The van der Waals surface area contributed by atoms with E-state index in [0.29, 0.717) is 41.5 Å². The van der Waals surface area contributed by atoms with Crippen LogP contribution in [0.5, 0.6) is 5.75 Å². The van der Waals surface area contributed by atoms with Crippen molar-refractivity contribution in [2.45, 2.75) is 53.0 Å². The molecule has 1 amide bonds. The molecule has 0 bridgehead atoms. The predicted molar refractivity (Wildman–Crippen MR) is 158 cm³/mol. The number of ether oxygens (including phenoxy) is 2. The zero-order valence-corrected chi connectivity index (χ0v) is 24.3. The Balaban J connectivity index is 1.82. The molecule has 210 valence electrons. The van der Waals surface area contributed by atoms with Gasteiger partial charge in [0.25, 0.3) is 5.91 Å². The van der Waals surface area contributed by atoms with E-state index in [2.05, 4.69) is 12.2 Å². The van der Waals surface area contributed by atoms with Gasteiger partial charge in [-0.1, -0.05) is 55.8 Å². The molecule has 0 fully saturated rings. The Hall–Kier alpha value is -4.04. The molecule has 0 aliphatic heterocycles. The molecule has 3 aromatic rings. The van der Waals surface area contributed by atoms with Crippen LogP contribution in [-0.4, -0.2) is 35.9 Å². The first-order chi connectivity index (χ1) is 19.3. The molecule has 1 N–H and O–H groups in total. The van der Waals surface area contributed by atoms with Gasteiger partial charge in [0, 0.05) is 16.5 Å². The summed E-state index contributed by atoms with van der Waals surface area (Å²) < 4.78 is 10.8. The highest BCUT2D eigenvalue weighted by Crippen LogP contribution is 2.25. The molecule has 0 aliphatic rings. The van der Waals surface area contributed by atoms with Gasteiger partial charge in [0.2, 0.25) is 5.78 Å². The summed E-state index contributed by atoms with van der Waals surface area (Å²) in [4.78, 5) is 42.4. The molecule has 7 nitrogen and oxygen atoms in total. The molecular weight excluding hydrogens is 524 g/mol. The van der Waals surface area contributed by atoms with Crippen molar-refractivity contribution in [3.8, 4) is 5.75 Å². The monoisotopic (exact) mass is 560 g/mol. The van der Waals surface area contributed by atoms with Gasteiger partial charge < -0.3 is 14.8 Å². The third kappa shape index (κ3) is 9.31. The van der Waals surface area contributed by atoms with Crippen LogP contribution in [0, 0.1) is 0 Å². The molecule has 0 unspecified atom stereocenters. The number of carbonyl (C=O) groups is 3. The van der Waals surface area contributed by atoms with Gasteiger partial charge in [0.1, 0.15) is 10.8 Å². The zero-order valence-electron chi connectivity index (χ0n) is 23.4. The number of carbonyl (C=O) groups excluding carboxylic acids is 3. The third-order valence-corrected chi connectivity index (χ3v) is 6.91. The van der Waals surface area contributed by atoms with Gasteiger partial charge >= 0.3 is 5.97 Å². The number of nitrogens with zero attached hydrogens (tertiary/aromatic N) is 1. The van der Waals surface area contributed by atoms with E-state index in [4.69, 9.17) is 14.5 Å². The lowest BCUT2D eigenvalue weighted by atomic mass is 10.0. The molecule has 0 saturated heterocycles. The van der Waals surface area contributed by atoms with Crippen molar-refractivity contribution < 1.29 is 23.9 Å². The Morgan fingerprint density at radius 3 is 2.42 bits per heavy atom. The standard InChI is InChI=1S/C32H36N2O5S/c1-5-7-17-39-27-15-13-24(14-16-27)20-28(34-30(36)29(35)25-11-9-8-10-12-25)31-33-26(21-40-31)19-22(3)18-23(4)32(37)38-6-2/h8-16,18-19,21,28H,5-7,17,20H2,1-4H3,(H,34,36)/b22-19+,23-18-/t28-/m0/s1. The number of aromatic nitrogens is 1. The number of rotatable bonds is 14. The quantitative estimate of drug-likeness (QED) is 0.0603. The van der Waals surface area contributed by atoms with E-state index in [1.807, 2.05) is 42.6 Å². The second-order valence-electron chi connectivity index (χ2n) is 9.32. The molecule has 1 aromatic heterocycles. The largest absolute Gasteiger partial charge is 0.494 e. The molecule has 2 aromatic carbocycles. The van der Waals surface area contributed by atoms with Crippen molar-refractivity contribution in [1.82, 2.24) is 10.3 Å². The summed E-state index contributed by atoms with van der Waals surface area (Å²) in [5, 5.41) is 5.45. The summed E-state index contributed by atoms with van der Waals surface area (Å²) in [7, 11) is 0. The maximum absolute atomic E-state index is 13.0. The first-order valence-corrected chi connectivity index (χ1v) is 14.3. The molecule has 1 atom stereocenters. The van der Waals surface area contributed by atoms with Crippen molar-refractivity contribution in [2.24, 2.45) is 0 Å². The Bertz CT molecular complexity index is 1340. The summed E-state index contributed by atoms with van der Waals surface area (Å²) in [6.07, 6.45) is 6.11.